The third-order valence-electron chi connectivity index (χ3n) is 1.78. The van der Waals surface area contributed by atoms with Crippen LogP contribution in [0.25, 0.3) is 0 Å². The van der Waals surface area contributed by atoms with E-state index in [-0.39, 0.29) is 23.9 Å². The molecule has 0 amide bonds. The molecule has 0 saturated heterocycles. The standard InChI is InChI=1S/C6H13.3CH3.2Sn/c1-3-5-6-4-2;;;;;/h1,3-6H2,2H3;3*1H3;;. The molecule has 0 aliphatic rings. The Bertz CT molecular complexity index is 74.1. The zero-order chi connectivity index (χ0) is 8.04. The second kappa shape index (κ2) is 8.21. The molecular formula is C9H22Sn2. The maximum Gasteiger partial charge on any atom is 0 e. The normalized spacial score (nSPS) is 10.9. The molecule has 4 radical (unpaired) electrons. The van der Waals surface area contributed by atoms with Crippen LogP contribution in [0.4, 0.5) is 0 Å². The van der Waals surface area contributed by atoms with Crippen molar-refractivity contribution in [2.75, 3.05) is 0 Å². The van der Waals surface area contributed by atoms with Crippen LogP contribution in [0, 0.1) is 0 Å². The van der Waals surface area contributed by atoms with Gasteiger partial charge < -0.3 is 0 Å². The molecule has 66 valence electrons. The van der Waals surface area contributed by atoms with Crippen LogP contribution in [0.2, 0.25) is 19.3 Å². The van der Waals surface area contributed by atoms with Crippen LogP contribution in [0.1, 0.15) is 32.6 Å². The molecule has 0 N–H and O–H groups in total. The predicted molar refractivity (Wildman–Crippen MR) is 58.0 cm³/mol. The first-order valence-electron chi connectivity index (χ1n) is 4.56. The first kappa shape index (κ1) is 15.1. The number of rotatable bonds is 5. The maximum atomic E-state index is 2.53. The second-order valence-electron chi connectivity index (χ2n) is 4.37. The van der Waals surface area contributed by atoms with Crippen molar-refractivity contribution in [2.45, 2.75) is 51.9 Å². The topological polar surface area (TPSA) is 0 Å². The number of unbranched alkanes of at least 4 members (excludes halogenated alkanes) is 3. The molecule has 0 aromatic heterocycles. The third-order valence-corrected chi connectivity index (χ3v) is 7.07. The molecular weight excluding hydrogens is 346 g/mol. The van der Waals surface area contributed by atoms with E-state index in [0.717, 1.165) is 0 Å². The van der Waals surface area contributed by atoms with Gasteiger partial charge in [-0.05, 0) is 0 Å². The predicted octanol–water partition coefficient (Wildman–Crippen LogP) is 3.52. The monoisotopic (exact) mass is 370 g/mol. The summed E-state index contributed by atoms with van der Waals surface area (Å²) < 4.78 is 1.59. The summed E-state index contributed by atoms with van der Waals surface area (Å²) in [5.74, 6) is 0. The first-order chi connectivity index (χ1) is 4.56. The summed E-state index contributed by atoms with van der Waals surface area (Å²) in [6.07, 6.45) is 5.81. The smallest absolute Gasteiger partial charge is 0 e. The van der Waals surface area contributed by atoms with Crippen LogP contribution < -0.4 is 0 Å². The van der Waals surface area contributed by atoms with Crippen LogP contribution in [0.15, 0.2) is 0 Å². The van der Waals surface area contributed by atoms with E-state index in [1.807, 2.05) is 0 Å². The summed E-state index contributed by atoms with van der Waals surface area (Å²) in [6.45, 7) is 2.28. The Labute approximate surface area is 93.4 Å². The van der Waals surface area contributed by atoms with Crippen LogP contribution in [0.5, 0.6) is 0 Å². The van der Waals surface area contributed by atoms with Gasteiger partial charge in [0, 0.05) is 23.9 Å². The molecule has 11 heavy (non-hydrogen) atoms. The van der Waals surface area contributed by atoms with Gasteiger partial charge in [-0.15, -0.1) is 0 Å². The van der Waals surface area contributed by atoms with Gasteiger partial charge in [0.1, 0.15) is 0 Å². The average molecular weight is 368 g/mol. The molecule has 0 bridgehead atoms. The van der Waals surface area contributed by atoms with E-state index >= 15 is 0 Å². The van der Waals surface area contributed by atoms with Gasteiger partial charge in [-0.1, -0.05) is 0 Å². The van der Waals surface area contributed by atoms with Gasteiger partial charge in [0.2, 0.25) is 0 Å². The minimum absolute atomic E-state index is 0. The van der Waals surface area contributed by atoms with Crippen LogP contribution >= 0.6 is 0 Å². The van der Waals surface area contributed by atoms with Crippen molar-refractivity contribution in [1.29, 1.82) is 0 Å². The maximum absolute atomic E-state index is 2.53. The van der Waals surface area contributed by atoms with E-state index < -0.39 is 18.4 Å². The summed E-state index contributed by atoms with van der Waals surface area (Å²) in [5.41, 5.74) is 0. The summed E-state index contributed by atoms with van der Waals surface area (Å²) in [4.78, 5) is 7.59. The zero-order valence-corrected chi connectivity index (χ0v) is 14.2. The summed E-state index contributed by atoms with van der Waals surface area (Å²) in [6, 6.07) is 0. The van der Waals surface area contributed by atoms with Crippen LogP contribution in [-0.2, 0) is 0 Å². The second-order valence-corrected chi connectivity index (χ2v) is 20.4. The average Bonchev–Trinajstić information content (AvgIpc) is 1.78. The largest absolute Gasteiger partial charge is 0 e. The van der Waals surface area contributed by atoms with E-state index in [4.69, 9.17) is 0 Å². The van der Waals surface area contributed by atoms with Gasteiger partial charge in [0.15, 0.2) is 0 Å². The first-order valence-corrected chi connectivity index (χ1v) is 15.1. The Balaban J connectivity index is 0. The fourth-order valence-electron chi connectivity index (χ4n) is 1.08. The Hall–Kier alpha value is 1.60. The van der Waals surface area contributed by atoms with Crippen molar-refractivity contribution in [1.82, 2.24) is 0 Å². The van der Waals surface area contributed by atoms with Crippen molar-refractivity contribution in [3.63, 3.8) is 0 Å². The zero-order valence-electron chi connectivity index (χ0n) is 8.54. The van der Waals surface area contributed by atoms with Crippen molar-refractivity contribution < 1.29 is 0 Å². The van der Waals surface area contributed by atoms with Crippen molar-refractivity contribution in [2.24, 2.45) is 0 Å². The van der Waals surface area contributed by atoms with E-state index in [1.54, 1.807) is 4.44 Å². The van der Waals surface area contributed by atoms with Crippen molar-refractivity contribution in [3.8, 4) is 0 Å². The molecule has 0 aliphatic carbocycles. The molecule has 0 aromatic rings. The van der Waals surface area contributed by atoms with Gasteiger partial charge in [0.25, 0.3) is 0 Å². The summed E-state index contributed by atoms with van der Waals surface area (Å²) >= 11 is -1.35. The van der Waals surface area contributed by atoms with Gasteiger partial charge >= 0.3 is 70.2 Å². The van der Waals surface area contributed by atoms with E-state index in [9.17, 15) is 0 Å². The molecule has 0 fully saturated rings. The minimum atomic E-state index is -1.35. The Kier molecular flexibility index (Phi) is 11.3. The number of hydrogen-bond acceptors (Lipinski definition) is 0. The molecule has 0 aliphatic heterocycles. The SMILES string of the molecule is CCCCC[CH2][Sn]([CH3])([CH3])[CH3].[Sn]. The molecule has 0 aromatic carbocycles. The van der Waals surface area contributed by atoms with E-state index in [2.05, 4.69) is 21.7 Å². The minimum Gasteiger partial charge on any atom is 0 e. The van der Waals surface area contributed by atoms with Crippen LogP contribution in [0.3, 0.4) is 0 Å². The summed E-state index contributed by atoms with van der Waals surface area (Å²) in [5, 5.41) is 0. The third kappa shape index (κ3) is 14.5. The van der Waals surface area contributed by atoms with Crippen molar-refractivity contribution in [3.05, 3.63) is 0 Å². The van der Waals surface area contributed by atoms with Gasteiger partial charge in [-0.25, -0.2) is 0 Å². The molecule has 0 unspecified atom stereocenters. The van der Waals surface area contributed by atoms with Gasteiger partial charge in [-0.3, -0.25) is 0 Å². The molecule has 0 rings (SSSR count). The number of hydrogen-bond donors (Lipinski definition) is 0. The van der Waals surface area contributed by atoms with Gasteiger partial charge in [-0.2, -0.15) is 0 Å². The van der Waals surface area contributed by atoms with E-state index in [1.165, 1.54) is 25.7 Å². The molecule has 0 atom stereocenters. The van der Waals surface area contributed by atoms with Crippen LogP contribution in [-0.4, -0.2) is 42.3 Å². The van der Waals surface area contributed by atoms with Crippen molar-refractivity contribution >= 4 is 42.3 Å². The molecule has 0 saturated carbocycles. The molecule has 0 heterocycles. The quantitative estimate of drug-likeness (QED) is 0.515. The van der Waals surface area contributed by atoms with E-state index in [0.29, 0.717) is 0 Å². The summed E-state index contributed by atoms with van der Waals surface area (Å²) in [7, 11) is 0. The molecule has 0 nitrogen and oxygen atoms in total. The fraction of sp³-hybridized carbons (Fsp3) is 1.00. The molecule has 2 heteroatoms. The van der Waals surface area contributed by atoms with Gasteiger partial charge in [0.05, 0.1) is 0 Å². The molecule has 0 spiro atoms. The Morgan fingerprint density at radius 3 is 1.82 bits per heavy atom. The Morgan fingerprint density at radius 1 is 0.909 bits per heavy atom. The Morgan fingerprint density at radius 2 is 1.45 bits per heavy atom. The fourth-order valence-corrected chi connectivity index (χ4v) is 4.82.